The van der Waals surface area contributed by atoms with Crippen LogP contribution in [0.2, 0.25) is 5.02 Å². The highest BCUT2D eigenvalue weighted by Gasteiger charge is 2.22. The van der Waals surface area contributed by atoms with Gasteiger partial charge in [0.05, 0.1) is 18.8 Å². The van der Waals surface area contributed by atoms with Crippen molar-refractivity contribution in [2.24, 2.45) is 0 Å². The SMILES string of the molecule is [N-]=C=C(C(=O)N1CCOCC1)C(=S)Nc1ccc(Cl)cc1. The van der Waals surface area contributed by atoms with E-state index in [1.165, 1.54) is 0 Å². The van der Waals surface area contributed by atoms with Crippen LogP contribution in [0.15, 0.2) is 29.8 Å². The van der Waals surface area contributed by atoms with Gasteiger partial charge in [-0.25, -0.2) is 0 Å². The molecule has 0 radical (unpaired) electrons. The van der Waals surface area contributed by atoms with Gasteiger partial charge in [0, 0.05) is 23.8 Å². The van der Waals surface area contributed by atoms with E-state index in [0.29, 0.717) is 37.0 Å². The Bertz CT molecular complexity index is 591. The van der Waals surface area contributed by atoms with Crippen LogP contribution in [0.3, 0.4) is 0 Å². The molecule has 0 aliphatic carbocycles. The van der Waals surface area contributed by atoms with Gasteiger partial charge in [0.15, 0.2) is 0 Å². The van der Waals surface area contributed by atoms with Crippen LogP contribution in [0, 0.1) is 0 Å². The van der Waals surface area contributed by atoms with E-state index in [1.807, 2.05) is 5.87 Å². The molecule has 0 atom stereocenters. The fraction of sp³-hybridized carbons (Fsp3) is 0.286. The number of morpholine rings is 1. The molecule has 21 heavy (non-hydrogen) atoms. The Hall–Kier alpha value is -1.72. The summed E-state index contributed by atoms with van der Waals surface area (Å²) in [5.74, 6) is 1.52. The van der Waals surface area contributed by atoms with E-state index in [9.17, 15) is 10.2 Å². The summed E-state index contributed by atoms with van der Waals surface area (Å²) in [5, 5.41) is 12.7. The van der Waals surface area contributed by atoms with Gasteiger partial charge in [0.25, 0.3) is 5.91 Å². The fourth-order valence-electron chi connectivity index (χ4n) is 1.85. The normalized spacial score (nSPS) is 14.2. The van der Waals surface area contributed by atoms with Gasteiger partial charge in [-0.15, -0.1) is 0 Å². The van der Waals surface area contributed by atoms with Gasteiger partial charge in [-0.1, -0.05) is 23.8 Å². The number of ether oxygens (including phenoxy) is 1. The quantitative estimate of drug-likeness (QED) is 0.526. The maximum atomic E-state index is 12.3. The molecule has 0 unspecified atom stereocenters. The molecule has 1 aromatic rings. The van der Waals surface area contributed by atoms with Crippen LogP contribution in [-0.4, -0.2) is 48.0 Å². The number of hydrogen-bond acceptors (Lipinski definition) is 3. The number of hydrogen-bond donors (Lipinski definition) is 1. The van der Waals surface area contributed by atoms with Crippen molar-refractivity contribution in [2.75, 3.05) is 31.6 Å². The Kier molecular flexibility index (Phi) is 5.47. The molecule has 1 aliphatic rings. The largest absolute Gasteiger partial charge is 0.763 e. The molecule has 0 saturated carbocycles. The summed E-state index contributed by atoms with van der Waals surface area (Å²) in [6, 6.07) is 6.84. The lowest BCUT2D eigenvalue weighted by atomic mass is 10.2. The molecule has 1 heterocycles. The molecule has 1 amide bonds. The summed E-state index contributed by atoms with van der Waals surface area (Å²) in [4.78, 5) is 14.0. The van der Waals surface area contributed by atoms with E-state index in [4.69, 9.17) is 28.6 Å². The summed E-state index contributed by atoms with van der Waals surface area (Å²) >= 11 is 11.0. The summed E-state index contributed by atoms with van der Waals surface area (Å²) in [6.07, 6.45) is 0. The lowest BCUT2D eigenvalue weighted by Gasteiger charge is -2.27. The van der Waals surface area contributed by atoms with Crippen molar-refractivity contribution in [2.45, 2.75) is 0 Å². The molecule has 110 valence electrons. The van der Waals surface area contributed by atoms with Crippen molar-refractivity contribution in [1.82, 2.24) is 4.90 Å². The number of thiocarbonyl (C=S) groups is 1. The van der Waals surface area contributed by atoms with Crippen LogP contribution in [0.5, 0.6) is 0 Å². The number of anilines is 1. The molecule has 1 saturated heterocycles. The molecule has 0 aromatic heterocycles. The van der Waals surface area contributed by atoms with Gasteiger partial charge >= 0.3 is 0 Å². The minimum absolute atomic E-state index is 0.0677. The molecule has 1 aliphatic heterocycles. The molecule has 1 fully saturated rings. The number of benzene rings is 1. The molecule has 2 rings (SSSR count). The van der Waals surface area contributed by atoms with Gasteiger partial charge in [-0.05, 0) is 24.3 Å². The number of carbonyl (C=O) groups excluding carboxylic acids is 1. The minimum Gasteiger partial charge on any atom is -0.763 e. The summed E-state index contributed by atoms with van der Waals surface area (Å²) < 4.78 is 5.18. The molecule has 1 N–H and O–H groups in total. The summed E-state index contributed by atoms with van der Waals surface area (Å²) in [5.41, 5.74) is 0.605. The lowest BCUT2D eigenvalue weighted by molar-refractivity contribution is -0.130. The molecular weight excluding hydrogens is 310 g/mol. The van der Waals surface area contributed by atoms with E-state index in [-0.39, 0.29) is 16.5 Å². The standard InChI is InChI=1S/C14H13ClN3O2S/c15-10-1-3-11(4-2-10)17-13(21)12(9-16)14(19)18-5-7-20-8-6-18/h1-4H,5-8H2,(H,17,21)/q-1. The Labute approximate surface area is 133 Å². The van der Waals surface area contributed by atoms with E-state index >= 15 is 0 Å². The van der Waals surface area contributed by atoms with Crippen molar-refractivity contribution in [3.63, 3.8) is 0 Å². The molecule has 5 nitrogen and oxygen atoms in total. The molecule has 0 bridgehead atoms. The Balaban J connectivity index is 2.06. The predicted molar refractivity (Wildman–Crippen MR) is 87.0 cm³/mol. The second-order valence-electron chi connectivity index (χ2n) is 4.35. The smallest absolute Gasteiger partial charge is 0.263 e. The Morgan fingerprint density at radius 3 is 2.52 bits per heavy atom. The van der Waals surface area contributed by atoms with Crippen molar-refractivity contribution in [1.29, 1.82) is 0 Å². The zero-order valence-electron chi connectivity index (χ0n) is 11.1. The van der Waals surface area contributed by atoms with Crippen LogP contribution >= 0.6 is 23.8 Å². The number of nitrogens with one attached hydrogen (secondary N) is 1. The van der Waals surface area contributed by atoms with Crippen molar-refractivity contribution in [3.8, 4) is 0 Å². The van der Waals surface area contributed by atoms with Crippen LogP contribution in [-0.2, 0) is 9.53 Å². The molecular formula is C14H13ClN3O2S-. The fourth-order valence-corrected chi connectivity index (χ4v) is 2.22. The summed E-state index contributed by atoms with van der Waals surface area (Å²) in [7, 11) is 0. The van der Waals surface area contributed by atoms with Gasteiger partial charge in [-0.3, -0.25) is 10.7 Å². The van der Waals surface area contributed by atoms with Crippen LogP contribution in [0.4, 0.5) is 5.69 Å². The topological polar surface area (TPSA) is 63.9 Å². The minimum atomic E-state index is -0.368. The van der Waals surface area contributed by atoms with Gasteiger partial charge < -0.3 is 20.4 Å². The van der Waals surface area contributed by atoms with Crippen molar-refractivity contribution >= 4 is 46.3 Å². The molecule has 0 spiro atoms. The number of amides is 1. The maximum absolute atomic E-state index is 12.3. The first-order valence-electron chi connectivity index (χ1n) is 6.33. The van der Waals surface area contributed by atoms with E-state index in [2.05, 4.69) is 5.32 Å². The zero-order chi connectivity index (χ0) is 15.2. The first-order valence-corrected chi connectivity index (χ1v) is 7.11. The average molecular weight is 323 g/mol. The molecule has 1 aromatic carbocycles. The lowest BCUT2D eigenvalue weighted by Crippen LogP contribution is -2.43. The zero-order valence-corrected chi connectivity index (χ0v) is 12.7. The predicted octanol–water partition coefficient (Wildman–Crippen LogP) is 2.10. The van der Waals surface area contributed by atoms with Crippen LogP contribution < -0.4 is 5.32 Å². The number of rotatable bonds is 3. The van der Waals surface area contributed by atoms with E-state index in [1.54, 1.807) is 29.2 Å². The van der Waals surface area contributed by atoms with Crippen LogP contribution in [0.25, 0.3) is 5.41 Å². The first kappa shape index (κ1) is 15.7. The third kappa shape index (κ3) is 4.12. The van der Waals surface area contributed by atoms with Gasteiger partial charge in [0.2, 0.25) is 0 Å². The third-order valence-corrected chi connectivity index (χ3v) is 3.51. The highest BCUT2D eigenvalue weighted by atomic mass is 35.5. The molecule has 7 heteroatoms. The second kappa shape index (κ2) is 7.33. The average Bonchev–Trinajstić information content (AvgIpc) is 2.51. The van der Waals surface area contributed by atoms with Crippen molar-refractivity contribution in [3.05, 3.63) is 40.3 Å². The maximum Gasteiger partial charge on any atom is 0.263 e. The third-order valence-electron chi connectivity index (χ3n) is 2.95. The first-order chi connectivity index (χ1) is 10.1. The monoisotopic (exact) mass is 322 g/mol. The highest BCUT2D eigenvalue weighted by Crippen LogP contribution is 2.15. The summed E-state index contributed by atoms with van der Waals surface area (Å²) in [6.45, 7) is 1.88. The van der Waals surface area contributed by atoms with Crippen molar-refractivity contribution < 1.29 is 9.53 Å². The number of carbonyl (C=O) groups is 1. The Morgan fingerprint density at radius 1 is 1.33 bits per heavy atom. The van der Waals surface area contributed by atoms with E-state index in [0.717, 1.165) is 0 Å². The van der Waals surface area contributed by atoms with E-state index < -0.39 is 0 Å². The number of halogens is 1. The second-order valence-corrected chi connectivity index (χ2v) is 5.20. The number of nitrogens with zero attached hydrogens (tertiary/aromatic N) is 2. The van der Waals surface area contributed by atoms with Crippen LogP contribution in [0.1, 0.15) is 0 Å². The van der Waals surface area contributed by atoms with Gasteiger partial charge in [-0.2, -0.15) is 0 Å². The van der Waals surface area contributed by atoms with Gasteiger partial charge in [0.1, 0.15) is 4.99 Å². The Morgan fingerprint density at radius 2 is 1.95 bits per heavy atom. The highest BCUT2D eigenvalue weighted by molar-refractivity contribution is 7.81.